The van der Waals surface area contributed by atoms with Crippen molar-refractivity contribution in [3.05, 3.63) is 165 Å². The largest absolute Gasteiger partial charge is 0.461 e. The summed E-state index contributed by atoms with van der Waals surface area (Å²) in [5, 5.41) is 11.6. The lowest BCUT2D eigenvalue weighted by molar-refractivity contribution is -0.253. The number of aromatic nitrogens is 1. The van der Waals surface area contributed by atoms with Gasteiger partial charge in [-0.3, -0.25) is 0 Å². The molecule has 0 radical (unpaired) electrons. The molecule has 0 aliphatic carbocycles. The van der Waals surface area contributed by atoms with Crippen LogP contribution in [-0.2, 0) is 6.42 Å². The average Bonchev–Trinajstić information content (AvgIpc) is 3.32. The number of benzene rings is 6. The Balaban J connectivity index is 0.000000268. The Morgan fingerprint density at radius 1 is 0.603 bits per heavy atom. The topological polar surface area (TPSA) is 73.3 Å². The van der Waals surface area contributed by atoms with E-state index in [1.54, 1.807) is 78.9 Å². The molecule has 0 spiro atoms. The molecule has 1 aliphatic rings. The first-order valence-electron chi connectivity index (χ1n) is 20.7. The highest BCUT2D eigenvalue weighted by molar-refractivity contribution is 6.43. The first kappa shape index (κ1) is 58.0. The number of β-amino-alcohol motifs (C(OH)–C–C–N with tert-alkyl or cyclic N) is 1. The minimum Gasteiger partial charge on any atom is -0.455 e. The third-order valence-electron chi connectivity index (χ3n) is 10.6. The third-order valence-corrected chi connectivity index (χ3v) is 12.2. The minimum atomic E-state index is -4.95. The number of hydrogen-bond acceptors (Lipinski definition) is 7. The Labute approximate surface area is 431 Å². The Hall–Kier alpha value is -5.92. The first-order chi connectivity index (χ1) is 33.5. The molecule has 0 saturated heterocycles. The van der Waals surface area contributed by atoms with Crippen LogP contribution in [0.15, 0.2) is 133 Å². The van der Waals surface area contributed by atoms with Crippen molar-refractivity contribution in [2.75, 3.05) is 11.4 Å². The van der Waals surface area contributed by atoms with Gasteiger partial charge in [0, 0.05) is 22.2 Å². The molecule has 2 unspecified atom stereocenters. The van der Waals surface area contributed by atoms with Crippen molar-refractivity contribution in [2.24, 2.45) is 0 Å². The summed E-state index contributed by atoms with van der Waals surface area (Å²) in [4.78, 5) is 5.80. The summed E-state index contributed by atoms with van der Waals surface area (Å²) >= 11 is 24.5. The minimum absolute atomic E-state index is 0. The van der Waals surface area contributed by atoms with E-state index in [1.807, 2.05) is 0 Å². The van der Waals surface area contributed by atoms with Gasteiger partial charge in [-0.15, -0.1) is 0 Å². The molecule has 0 bridgehead atoms. The van der Waals surface area contributed by atoms with Gasteiger partial charge in [0.15, 0.2) is 6.10 Å². The number of anilines is 1. The van der Waals surface area contributed by atoms with Gasteiger partial charge in [0.05, 0.1) is 33.8 Å². The molecule has 390 valence electrons. The summed E-state index contributed by atoms with van der Waals surface area (Å²) in [6, 6.07) is 32.4. The number of rotatable bonds is 14. The molecule has 2 heterocycles. The van der Waals surface area contributed by atoms with Crippen LogP contribution >= 0.6 is 46.4 Å². The van der Waals surface area contributed by atoms with E-state index in [9.17, 15) is 53.4 Å². The van der Waals surface area contributed by atoms with E-state index < -0.39 is 61.4 Å². The second-order valence-electron chi connectivity index (χ2n) is 15.4. The van der Waals surface area contributed by atoms with Crippen LogP contribution in [0.4, 0.5) is 54.0 Å². The van der Waals surface area contributed by atoms with E-state index >= 15 is 0 Å². The lowest BCUT2D eigenvalue weighted by Crippen LogP contribution is -2.44. The molecule has 1 aliphatic heterocycles. The Bertz CT molecular complexity index is 3010. The third kappa shape index (κ3) is 13.8. The molecular weight excluding hydrogens is 1070 g/mol. The number of alkyl halides is 11. The van der Waals surface area contributed by atoms with Crippen LogP contribution in [0.3, 0.4) is 0 Å². The summed E-state index contributed by atoms with van der Waals surface area (Å²) in [6.45, 7) is -0.902. The highest BCUT2D eigenvalue weighted by Gasteiger charge is 2.46. The molecule has 73 heavy (non-hydrogen) atoms. The Morgan fingerprint density at radius 3 is 1.70 bits per heavy atom. The van der Waals surface area contributed by atoms with E-state index in [0.29, 0.717) is 44.2 Å². The Morgan fingerprint density at radius 2 is 1.11 bits per heavy atom. The standard InChI is InChI=1S/C26H20Cl2F7NO3.C23H13Cl2F4NO2.2CH4/c27-17-6-2-9-21(23(17)28)38-20-8-3-7-19-16(20)10-11-18(36(19)13-22(37)25(31,32)33)14-4-1-5-15(12-14)39-26(34,35)24(29)30;24-16-6-2-9-20(21(16)25)31-19-8-3-7-18-15(19)10-11-17(30-18)13-4-1-5-14(12-13)32-23(28,29)22(26)27;;/h1-9,12,18,22,24,37H,10-11,13H2;1-12,22H;2*1H4. The Kier molecular flexibility index (Phi) is 19.0. The fourth-order valence-corrected chi connectivity index (χ4v) is 7.94. The number of aliphatic hydroxyl groups is 1. The quantitative estimate of drug-likeness (QED) is 0.109. The van der Waals surface area contributed by atoms with E-state index in [-0.39, 0.29) is 65.5 Å². The highest BCUT2D eigenvalue weighted by atomic mass is 35.5. The van der Waals surface area contributed by atoms with Crippen molar-refractivity contribution in [3.63, 3.8) is 0 Å². The predicted molar refractivity (Wildman–Crippen MR) is 260 cm³/mol. The summed E-state index contributed by atoms with van der Waals surface area (Å²) in [5.74, 6) is 0.372. The molecule has 0 saturated carbocycles. The summed E-state index contributed by atoms with van der Waals surface area (Å²) in [6.07, 6.45) is -24.7. The monoisotopic (exact) mass is 1110 g/mol. The van der Waals surface area contributed by atoms with Crippen molar-refractivity contribution >= 4 is 63.0 Å². The number of pyridine rings is 1. The molecule has 0 fully saturated rings. The van der Waals surface area contributed by atoms with Crippen LogP contribution in [0.1, 0.15) is 38.4 Å². The number of fused-ring (bicyclic) bond motifs is 2. The zero-order valence-electron chi connectivity index (χ0n) is 35.8. The van der Waals surface area contributed by atoms with Crippen molar-refractivity contribution in [1.29, 1.82) is 0 Å². The van der Waals surface area contributed by atoms with Gasteiger partial charge < -0.3 is 29.0 Å². The van der Waals surface area contributed by atoms with Crippen molar-refractivity contribution in [2.45, 2.75) is 71.1 Å². The van der Waals surface area contributed by atoms with Gasteiger partial charge >= 0.3 is 31.2 Å². The van der Waals surface area contributed by atoms with Crippen LogP contribution in [0.2, 0.25) is 20.1 Å². The predicted octanol–water partition coefficient (Wildman–Crippen LogP) is 17.9. The summed E-state index contributed by atoms with van der Waals surface area (Å²) in [7, 11) is 0. The van der Waals surface area contributed by atoms with Gasteiger partial charge in [-0.2, -0.15) is 48.3 Å². The van der Waals surface area contributed by atoms with Gasteiger partial charge in [-0.05, 0) is 103 Å². The maximum atomic E-state index is 13.5. The molecule has 8 rings (SSSR count). The molecule has 1 N–H and O–H groups in total. The van der Waals surface area contributed by atoms with Crippen LogP contribution < -0.4 is 23.8 Å². The number of ether oxygens (including phenoxy) is 4. The number of halogens is 15. The molecular formula is C51H41Cl4F11N2O5. The lowest BCUT2D eigenvalue weighted by Gasteiger charge is -2.41. The average molecular weight is 1110 g/mol. The van der Waals surface area contributed by atoms with Crippen LogP contribution in [0.5, 0.6) is 34.5 Å². The molecule has 6 aromatic carbocycles. The molecule has 2 atom stereocenters. The number of nitrogens with zero attached hydrogens (tertiary/aromatic N) is 2. The van der Waals surface area contributed by atoms with E-state index in [2.05, 4.69) is 14.5 Å². The highest BCUT2D eigenvalue weighted by Crippen LogP contribution is 2.46. The second kappa shape index (κ2) is 24.0. The van der Waals surface area contributed by atoms with Crippen molar-refractivity contribution in [1.82, 2.24) is 4.98 Å². The fraction of sp³-hybridized carbons (Fsp3) is 0.235. The van der Waals surface area contributed by atoms with Gasteiger partial charge in [0.1, 0.15) is 44.5 Å². The number of aliphatic hydroxyl groups excluding tert-OH is 1. The molecule has 1 aromatic heterocycles. The molecule has 22 heteroatoms. The second-order valence-corrected chi connectivity index (χ2v) is 16.9. The first-order valence-corrected chi connectivity index (χ1v) is 22.2. The summed E-state index contributed by atoms with van der Waals surface area (Å²) < 4.78 is 164. The van der Waals surface area contributed by atoms with Gasteiger partial charge in [-0.1, -0.05) is 110 Å². The van der Waals surface area contributed by atoms with Gasteiger partial charge in [0.2, 0.25) is 0 Å². The van der Waals surface area contributed by atoms with E-state index in [1.165, 1.54) is 47.4 Å². The lowest BCUT2D eigenvalue weighted by atomic mass is 9.90. The summed E-state index contributed by atoms with van der Waals surface area (Å²) in [5.41, 5.74) is 2.43. The maximum Gasteiger partial charge on any atom is 0.461 e. The maximum absolute atomic E-state index is 13.5. The smallest absolute Gasteiger partial charge is 0.455 e. The van der Waals surface area contributed by atoms with Crippen molar-refractivity contribution in [3.8, 4) is 45.8 Å². The molecule has 7 aromatic rings. The van der Waals surface area contributed by atoms with Gasteiger partial charge in [-0.25, -0.2) is 4.98 Å². The zero-order chi connectivity index (χ0) is 51.4. The van der Waals surface area contributed by atoms with Crippen molar-refractivity contribution < 1.29 is 72.3 Å². The molecule has 0 amide bonds. The fourth-order valence-electron chi connectivity index (χ4n) is 7.28. The van der Waals surface area contributed by atoms with Gasteiger partial charge in [0.25, 0.3) is 0 Å². The van der Waals surface area contributed by atoms with E-state index in [0.717, 1.165) is 12.1 Å². The zero-order valence-corrected chi connectivity index (χ0v) is 38.8. The van der Waals surface area contributed by atoms with E-state index in [4.69, 9.17) is 55.9 Å². The normalized spacial score (nSPS) is 14.1. The SMILES string of the molecule is C.C.FC(F)C(F)(F)Oc1cccc(-c2ccc3c(Oc4cccc(Cl)c4Cl)cccc3n2)c1.OC(CN1c2cccc(Oc3cccc(Cl)c3Cl)c2CCC1c1cccc(OC(F)(F)C(F)F)c1)C(F)(F)F. The van der Waals surface area contributed by atoms with Crippen LogP contribution in [-0.4, -0.2) is 54.0 Å². The van der Waals surface area contributed by atoms with Crippen LogP contribution in [0.25, 0.3) is 22.2 Å². The number of hydrogen-bond donors (Lipinski definition) is 1. The molecule has 7 nitrogen and oxygen atoms in total. The van der Waals surface area contributed by atoms with Crippen LogP contribution in [0, 0.1) is 0 Å².